The van der Waals surface area contributed by atoms with Gasteiger partial charge >= 0.3 is 0 Å². The van der Waals surface area contributed by atoms with Crippen LogP contribution in [0.3, 0.4) is 0 Å². The molecule has 3 nitrogen and oxygen atoms in total. The van der Waals surface area contributed by atoms with Gasteiger partial charge in [-0.15, -0.1) is 11.3 Å². The Bertz CT molecular complexity index is 3580. The summed E-state index contributed by atoms with van der Waals surface area (Å²) in [4.78, 5) is 2.39. The molecule has 0 unspecified atom stereocenters. The molecule has 0 radical (unpaired) electrons. The highest BCUT2D eigenvalue weighted by molar-refractivity contribution is 7.26. The summed E-state index contributed by atoms with van der Waals surface area (Å²) in [7, 11) is 0. The van der Waals surface area contributed by atoms with E-state index < -0.39 is 0 Å². The van der Waals surface area contributed by atoms with E-state index in [2.05, 4.69) is 183 Å². The molecule has 12 aromatic rings. The lowest BCUT2D eigenvalue weighted by Crippen LogP contribution is -2.16. The van der Waals surface area contributed by atoms with Crippen molar-refractivity contribution in [2.75, 3.05) is 4.90 Å². The molecule has 0 saturated carbocycles. The highest BCUT2D eigenvalue weighted by Gasteiger charge is 2.38. The van der Waals surface area contributed by atoms with Gasteiger partial charge in [0.2, 0.25) is 0 Å². The summed E-state index contributed by atoms with van der Waals surface area (Å²) in [6, 6.07) is 68.0. The Morgan fingerprint density at radius 1 is 0.410 bits per heavy atom. The molecule has 13 rings (SSSR count). The number of fused-ring (bicyclic) bond motifs is 13. The number of para-hydroxylation sites is 4. The van der Waals surface area contributed by atoms with Crippen molar-refractivity contribution in [3.05, 3.63) is 199 Å². The Morgan fingerprint density at radius 2 is 0.934 bits per heavy atom. The van der Waals surface area contributed by atoms with Crippen molar-refractivity contribution in [2.45, 2.75) is 19.3 Å². The first-order valence-electron chi connectivity index (χ1n) is 20.9. The number of furan rings is 2. The maximum absolute atomic E-state index is 6.46. The third-order valence-corrected chi connectivity index (χ3v) is 14.3. The standard InChI is InChI=1S/C57H37NO2S/c1-57(2)48-32-31-46-43-13-5-8-20-52(43)61-56(46)53(48)47-30-29-38(33-49(47)57)58(36-25-21-34(22-26-36)39-14-9-16-44-41-11-3-6-18-50(41)59-54(39)44)37-27-23-35(24-28-37)40-15-10-17-45-42-12-4-7-19-51(42)60-55(40)45/h3-33H,1-2H3. The quantitative estimate of drug-likeness (QED) is 0.174. The molecule has 0 aliphatic heterocycles. The third-order valence-electron chi connectivity index (χ3n) is 13.1. The Labute approximate surface area is 356 Å². The topological polar surface area (TPSA) is 29.5 Å². The Balaban J connectivity index is 0.956. The smallest absolute Gasteiger partial charge is 0.143 e. The summed E-state index contributed by atoms with van der Waals surface area (Å²) in [6.07, 6.45) is 0. The monoisotopic (exact) mass is 799 g/mol. The maximum Gasteiger partial charge on any atom is 0.143 e. The lowest BCUT2D eigenvalue weighted by molar-refractivity contribution is 0.661. The molecule has 1 aliphatic carbocycles. The van der Waals surface area contributed by atoms with Gasteiger partial charge in [-0.1, -0.05) is 147 Å². The lowest BCUT2D eigenvalue weighted by atomic mass is 9.82. The lowest BCUT2D eigenvalue weighted by Gasteiger charge is -2.28. The fourth-order valence-corrected chi connectivity index (χ4v) is 11.4. The first-order valence-corrected chi connectivity index (χ1v) is 21.7. The molecule has 3 heterocycles. The fourth-order valence-electron chi connectivity index (χ4n) is 10.1. The van der Waals surface area contributed by atoms with Crippen molar-refractivity contribution >= 4 is 92.4 Å². The third kappa shape index (κ3) is 5.03. The van der Waals surface area contributed by atoms with E-state index in [9.17, 15) is 0 Å². The van der Waals surface area contributed by atoms with Crippen LogP contribution in [0.4, 0.5) is 17.1 Å². The molecule has 4 heteroatoms. The predicted octanol–water partition coefficient (Wildman–Crippen LogP) is 17.0. The molecule has 61 heavy (non-hydrogen) atoms. The van der Waals surface area contributed by atoms with Gasteiger partial charge in [0.15, 0.2) is 0 Å². The van der Waals surface area contributed by atoms with Crippen LogP contribution in [0.1, 0.15) is 25.0 Å². The zero-order valence-electron chi connectivity index (χ0n) is 33.6. The minimum absolute atomic E-state index is 0.180. The Kier molecular flexibility index (Phi) is 7.23. The van der Waals surface area contributed by atoms with Crippen LogP contribution in [0.5, 0.6) is 0 Å². The summed E-state index contributed by atoms with van der Waals surface area (Å²) in [5.74, 6) is 0. The summed E-state index contributed by atoms with van der Waals surface area (Å²) in [5, 5.41) is 7.21. The van der Waals surface area contributed by atoms with Gasteiger partial charge in [-0.25, -0.2) is 0 Å². The molecule has 0 fully saturated rings. The SMILES string of the molecule is CC1(C)c2cc(N(c3ccc(-c4cccc5c4oc4ccccc45)cc3)c3ccc(-c4cccc5c4oc4ccccc45)cc3)ccc2-c2c1ccc1c2sc2ccccc21. The summed E-state index contributed by atoms with van der Waals surface area (Å²) in [6.45, 7) is 4.76. The van der Waals surface area contributed by atoms with Gasteiger partial charge in [-0.05, 0) is 82.4 Å². The normalized spacial score (nSPS) is 13.2. The van der Waals surface area contributed by atoms with Crippen molar-refractivity contribution < 1.29 is 8.83 Å². The summed E-state index contributed by atoms with van der Waals surface area (Å²) in [5.41, 5.74) is 16.6. The van der Waals surface area contributed by atoms with Gasteiger partial charge in [0, 0.05) is 80.9 Å². The number of rotatable bonds is 5. The van der Waals surface area contributed by atoms with Gasteiger partial charge < -0.3 is 13.7 Å². The van der Waals surface area contributed by atoms with Crippen LogP contribution < -0.4 is 4.90 Å². The molecule has 0 bridgehead atoms. The molecule has 9 aromatic carbocycles. The number of benzene rings is 9. The van der Waals surface area contributed by atoms with Crippen LogP contribution in [0.2, 0.25) is 0 Å². The van der Waals surface area contributed by atoms with Crippen LogP contribution >= 0.6 is 11.3 Å². The highest BCUT2D eigenvalue weighted by atomic mass is 32.1. The second-order valence-electron chi connectivity index (χ2n) is 16.8. The Morgan fingerprint density at radius 3 is 1.54 bits per heavy atom. The second-order valence-corrected chi connectivity index (χ2v) is 17.9. The maximum atomic E-state index is 6.46. The van der Waals surface area contributed by atoms with Crippen LogP contribution in [0, 0.1) is 0 Å². The number of thiophene rings is 1. The molecular formula is C57H37NO2S. The van der Waals surface area contributed by atoms with Crippen LogP contribution in [0.15, 0.2) is 197 Å². The average molecular weight is 800 g/mol. The summed E-state index contributed by atoms with van der Waals surface area (Å²) >= 11 is 1.91. The molecule has 288 valence electrons. The fraction of sp³-hybridized carbons (Fsp3) is 0.0526. The van der Waals surface area contributed by atoms with E-state index in [1.54, 1.807) is 0 Å². The first-order chi connectivity index (χ1) is 30.0. The average Bonchev–Trinajstić information content (AvgIpc) is 4.05. The van der Waals surface area contributed by atoms with Crippen LogP contribution in [0.25, 0.3) is 97.4 Å². The minimum Gasteiger partial charge on any atom is -0.455 e. The van der Waals surface area contributed by atoms with Crippen molar-refractivity contribution in [2.24, 2.45) is 0 Å². The van der Waals surface area contributed by atoms with E-state index in [1.165, 1.54) is 42.4 Å². The van der Waals surface area contributed by atoms with E-state index in [4.69, 9.17) is 8.83 Å². The van der Waals surface area contributed by atoms with Crippen LogP contribution in [-0.4, -0.2) is 0 Å². The van der Waals surface area contributed by atoms with Gasteiger partial charge in [0.05, 0.1) is 0 Å². The molecule has 0 atom stereocenters. The van der Waals surface area contributed by atoms with Crippen LogP contribution in [-0.2, 0) is 5.41 Å². The molecule has 3 aromatic heterocycles. The van der Waals surface area contributed by atoms with Gasteiger partial charge in [0.25, 0.3) is 0 Å². The molecule has 1 aliphatic rings. The molecule has 0 saturated heterocycles. The highest BCUT2D eigenvalue weighted by Crippen LogP contribution is 2.55. The summed E-state index contributed by atoms with van der Waals surface area (Å²) < 4.78 is 15.6. The number of hydrogen-bond donors (Lipinski definition) is 0. The zero-order chi connectivity index (χ0) is 40.4. The Hall–Kier alpha value is -7.40. The van der Waals surface area contributed by atoms with E-state index >= 15 is 0 Å². The van der Waals surface area contributed by atoms with Crippen molar-refractivity contribution in [1.82, 2.24) is 0 Å². The largest absolute Gasteiger partial charge is 0.455 e. The number of anilines is 3. The zero-order valence-corrected chi connectivity index (χ0v) is 34.4. The molecule has 0 amide bonds. The second kappa shape index (κ2) is 12.8. The van der Waals surface area contributed by atoms with E-state index in [0.717, 1.165) is 83.2 Å². The minimum atomic E-state index is -0.180. The number of nitrogens with zero attached hydrogens (tertiary/aromatic N) is 1. The molecule has 0 N–H and O–H groups in total. The van der Waals surface area contributed by atoms with Gasteiger partial charge in [0.1, 0.15) is 22.3 Å². The van der Waals surface area contributed by atoms with Gasteiger partial charge in [-0.3, -0.25) is 0 Å². The van der Waals surface area contributed by atoms with E-state index in [1.807, 2.05) is 35.6 Å². The van der Waals surface area contributed by atoms with Gasteiger partial charge in [-0.2, -0.15) is 0 Å². The van der Waals surface area contributed by atoms with Crippen molar-refractivity contribution in [3.8, 4) is 33.4 Å². The molecule has 0 spiro atoms. The molecular weight excluding hydrogens is 763 g/mol. The van der Waals surface area contributed by atoms with E-state index in [0.29, 0.717) is 0 Å². The van der Waals surface area contributed by atoms with Crippen molar-refractivity contribution in [3.63, 3.8) is 0 Å². The first kappa shape index (κ1) is 34.5. The number of hydrogen-bond acceptors (Lipinski definition) is 4. The van der Waals surface area contributed by atoms with Crippen molar-refractivity contribution in [1.29, 1.82) is 0 Å². The predicted molar refractivity (Wildman–Crippen MR) is 257 cm³/mol. The van der Waals surface area contributed by atoms with E-state index in [-0.39, 0.29) is 5.41 Å².